The number of nitrogens with zero attached hydrogens (tertiary/aromatic N) is 1. The number of hydrogen-bond donors (Lipinski definition) is 1. The van der Waals surface area contributed by atoms with Gasteiger partial charge in [-0.15, -0.1) is 0 Å². The fourth-order valence-electron chi connectivity index (χ4n) is 1.65. The SMILES string of the molecule is O=C1NC(=Nc2ccc(F)cc2)S/C1=C\c1ccc(I)o1. The van der Waals surface area contributed by atoms with Crippen molar-refractivity contribution in [3.63, 3.8) is 0 Å². The van der Waals surface area contributed by atoms with Crippen molar-refractivity contribution in [1.82, 2.24) is 5.32 Å². The number of rotatable bonds is 2. The topological polar surface area (TPSA) is 54.6 Å². The maximum Gasteiger partial charge on any atom is 0.264 e. The molecule has 2 aromatic rings. The van der Waals surface area contributed by atoms with E-state index in [4.69, 9.17) is 4.42 Å². The molecule has 1 fully saturated rings. The predicted octanol–water partition coefficient (Wildman–Crippen LogP) is 3.91. The summed E-state index contributed by atoms with van der Waals surface area (Å²) >= 11 is 3.27. The van der Waals surface area contributed by atoms with Crippen molar-refractivity contribution in [2.45, 2.75) is 0 Å². The highest BCUT2D eigenvalue weighted by atomic mass is 127. The third-order valence-electron chi connectivity index (χ3n) is 2.58. The van der Waals surface area contributed by atoms with Crippen LogP contribution in [0.25, 0.3) is 6.08 Å². The Hall–Kier alpha value is -1.61. The van der Waals surface area contributed by atoms with E-state index in [0.29, 0.717) is 21.5 Å². The third-order valence-corrected chi connectivity index (χ3v) is 4.07. The fraction of sp³-hybridized carbons (Fsp3) is 0. The summed E-state index contributed by atoms with van der Waals surface area (Å²) < 4.78 is 19.0. The van der Waals surface area contributed by atoms with Gasteiger partial charge in [-0.2, -0.15) is 0 Å². The van der Waals surface area contributed by atoms with E-state index in [9.17, 15) is 9.18 Å². The number of nitrogens with one attached hydrogen (secondary N) is 1. The van der Waals surface area contributed by atoms with Gasteiger partial charge in [0.05, 0.1) is 10.6 Å². The molecule has 0 saturated carbocycles. The summed E-state index contributed by atoms with van der Waals surface area (Å²) in [6, 6.07) is 9.34. The van der Waals surface area contributed by atoms with E-state index < -0.39 is 0 Å². The Bertz CT molecular complexity index is 753. The first kappa shape index (κ1) is 14.3. The molecule has 7 heteroatoms. The van der Waals surface area contributed by atoms with Crippen LogP contribution in [0, 0.1) is 9.58 Å². The summed E-state index contributed by atoms with van der Waals surface area (Å²) in [6.07, 6.45) is 1.66. The van der Waals surface area contributed by atoms with Crippen LogP contribution in [0.2, 0.25) is 0 Å². The van der Waals surface area contributed by atoms with Crippen LogP contribution < -0.4 is 5.32 Å². The second-order valence-corrected chi connectivity index (χ2v) is 6.19. The number of aliphatic imine (C=N–C) groups is 1. The summed E-state index contributed by atoms with van der Waals surface area (Å²) in [7, 11) is 0. The van der Waals surface area contributed by atoms with Crippen molar-refractivity contribution < 1.29 is 13.6 Å². The largest absolute Gasteiger partial charge is 0.451 e. The lowest BCUT2D eigenvalue weighted by Gasteiger charge is -1.95. The average molecular weight is 414 g/mol. The van der Waals surface area contributed by atoms with Gasteiger partial charge in [-0.1, -0.05) is 0 Å². The molecule has 0 unspecified atom stereocenters. The van der Waals surface area contributed by atoms with E-state index in [-0.39, 0.29) is 11.7 Å². The minimum Gasteiger partial charge on any atom is -0.451 e. The van der Waals surface area contributed by atoms with Gasteiger partial charge in [-0.05, 0) is 70.8 Å². The van der Waals surface area contributed by atoms with Gasteiger partial charge in [0.2, 0.25) is 0 Å². The van der Waals surface area contributed by atoms with Crippen LogP contribution in [-0.2, 0) is 4.79 Å². The van der Waals surface area contributed by atoms with Gasteiger partial charge in [-0.25, -0.2) is 9.38 Å². The van der Waals surface area contributed by atoms with Crippen LogP contribution in [0.15, 0.2) is 50.7 Å². The zero-order valence-corrected chi connectivity index (χ0v) is 13.4. The molecule has 0 atom stereocenters. The molecule has 1 aliphatic rings. The molecule has 0 radical (unpaired) electrons. The maximum atomic E-state index is 12.8. The molecule has 0 spiro atoms. The van der Waals surface area contributed by atoms with Crippen LogP contribution in [0.1, 0.15) is 5.76 Å². The van der Waals surface area contributed by atoms with Crippen LogP contribution in [0.3, 0.4) is 0 Å². The van der Waals surface area contributed by atoms with E-state index in [1.54, 1.807) is 24.3 Å². The molecule has 106 valence electrons. The number of amides is 1. The molecule has 21 heavy (non-hydrogen) atoms. The normalized spacial score (nSPS) is 18.5. The van der Waals surface area contributed by atoms with Crippen LogP contribution in [0.5, 0.6) is 0 Å². The highest BCUT2D eigenvalue weighted by Gasteiger charge is 2.24. The van der Waals surface area contributed by atoms with Crippen molar-refractivity contribution in [1.29, 1.82) is 0 Å². The minimum absolute atomic E-state index is 0.229. The second-order valence-electron chi connectivity index (χ2n) is 4.10. The molecule has 4 nitrogen and oxygen atoms in total. The van der Waals surface area contributed by atoms with Crippen LogP contribution in [0.4, 0.5) is 10.1 Å². The number of amidine groups is 1. The molecule has 1 aromatic carbocycles. The number of hydrogen-bond acceptors (Lipinski definition) is 4. The van der Waals surface area contributed by atoms with Gasteiger partial charge in [-0.3, -0.25) is 4.79 Å². The molecular formula is C14H8FIN2O2S. The van der Waals surface area contributed by atoms with E-state index >= 15 is 0 Å². The first-order chi connectivity index (χ1) is 10.1. The van der Waals surface area contributed by atoms with Crippen molar-refractivity contribution in [3.05, 3.63) is 56.6 Å². The molecule has 3 rings (SSSR count). The lowest BCUT2D eigenvalue weighted by molar-refractivity contribution is -0.115. The molecule has 1 saturated heterocycles. The first-order valence-electron chi connectivity index (χ1n) is 5.91. The maximum absolute atomic E-state index is 12.8. The molecule has 0 bridgehead atoms. The summed E-state index contributed by atoms with van der Waals surface area (Å²) in [6.45, 7) is 0. The summed E-state index contributed by atoms with van der Waals surface area (Å²) in [5, 5.41) is 3.12. The number of carbonyl (C=O) groups excluding carboxylic acids is 1. The second kappa shape index (κ2) is 6.02. The monoisotopic (exact) mass is 414 g/mol. The minimum atomic E-state index is -0.324. The summed E-state index contributed by atoms with van der Waals surface area (Å²) in [4.78, 5) is 16.6. The van der Waals surface area contributed by atoms with E-state index in [0.717, 1.165) is 3.77 Å². The number of carbonyl (C=O) groups is 1. The van der Waals surface area contributed by atoms with Crippen molar-refractivity contribution in [2.24, 2.45) is 4.99 Å². The lowest BCUT2D eigenvalue weighted by Crippen LogP contribution is -2.19. The van der Waals surface area contributed by atoms with Crippen LogP contribution in [-0.4, -0.2) is 11.1 Å². The number of thioether (sulfide) groups is 1. The van der Waals surface area contributed by atoms with Crippen molar-refractivity contribution in [3.8, 4) is 0 Å². The summed E-state index contributed by atoms with van der Waals surface area (Å²) in [5.74, 6) is 0.0578. The highest BCUT2D eigenvalue weighted by molar-refractivity contribution is 14.1. The van der Waals surface area contributed by atoms with Crippen LogP contribution >= 0.6 is 34.4 Å². The Kier molecular flexibility index (Phi) is 4.11. The Labute approximate surface area is 137 Å². The Morgan fingerprint density at radius 2 is 2.00 bits per heavy atom. The van der Waals surface area contributed by atoms with Crippen molar-refractivity contribution in [2.75, 3.05) is 0 Å². The molecule has 1 aliphatic heterocycles. The number of halogens is 2. The van der Waals surface area contributed by atoms with Gasteiger partial charge in [0.25, 0.3) is 5.91 Å². The molecule has 1 N–H and O–H groups in total. The molecular weight excluding hydrogens is 406 g/mol. The van der Waals surface area contributed by atoms with E-state index in [2.05, 4.69) is 32.9 Å². The third kappa shape index (κ3) is 3.53. The zero-order valence-electron chi connectivity index (χ0n) is 10.5. The molecule has 2 heterocycles. The predicted molar refractivity (Wildman–Crippen MR) is 88.6 cm³/mol. The van der Waals surface area contributed by atoms with Gasteiger partial charge in [0.15, 0.2) is 8.93 Å². The zero-order chi connectivity index (χ0) is 14.8. The number of furan rings is 1. The quantitative estimate of drug-likeness (QED) is 0.599. The molecule has 1 aromatic heterocycles. The van der Waals surface area contributed by atoms with Gasteiger partial charge in [0.1, 0.15) is 11.6 Å². The lowest BCUT2D eigenvalue weighted by atomic mass is 10.3. The van der Waals surface area contributed by atoms with E-state index in [1.165, 1.54) is 23.9 Å². The highest BCUT2D eigenvalue weighted by Crippen LogP contribution is 2.28. The smallest absolute Gasteiger partial charge is 0.264 e. The standard InChI is InChI=1S/C14H8FIN2O2S/c15-8-1-3-9(4-2-8)17-14-18-13(19)11(21-14)7-10-5-6-12(16)20-10/h1-7H,(H,17,18,19)/b11-7-. The Morgan fingerprint density at radius 3 is 2.67 bits per heavy atom. The van der Waals surface area contributed by atoms with Gasteiger partial charge in [0, 0.05) is 6.08 Å². The molecule has 0 aliphatic carbocycles. The van der Waals surface area contributed by atoms with Gasteiger partial charge >= 0.3 is 0 Å². The fourth-order valence-corrected chi connectivity index (χ4v) is 2.90. The van der Waals surface area contributed by atoms with Crippen molar-refractivity contribution >= 4 is 57.2 Å². The van der Waals surface area contributed by atoms with E-state index in [1.807, 2.05) is 6.07 Å². The summed E-state index contributed by atoms with van der Waals surface area (Å²) in [5.41, 5.74) is 0.577. The van der Waals surface area contributed by atoms with Gasteiger partial charge < -0.3 is 9.73 Å². The number of benzene rings is 1. The first-order valence-corrected chi connectivity index (χ1v) is 7.80. The Morgan fingerprint density at radius 1 is 1.24 bits per heavy atom. The Balaban J connectivity index is 1.81. The molecule has 1 amide bonds. The average Bonchev–Trinajstić information content (AvgIpc) is 3.00.